The van der Waals surface area contributed by atoms with Crippen LogP contribution in [0.5, 0.6) is 5.75 Å². The van der Waals surface area contributed by atoms with Crippen LogP contribution in [0.3, 0.4) is 0 Å². The summed E-state index contributed by atoms with van der Waals surface area (Å²) in [7, 11) is 1.58. The number of nitrogens with zero attached hydrogens (tertiary/aromatic N) is 2. The molecule has 1 atom stereocenters. The van der Waals surface area contributed by atoms with Gasteiger partial charge in [-0.05, 0) is 40.5 Å². The highest BCUT2D eigenvalue weighted by molar-refractivity contribution is 9.10. The molecule has 2 aliphatic heterocycles. The number of rotatable bonds is 2. The van der Waals surface area contributed by atoms with Crippen molar-refractivity contribution in [2.45, 2.75) is 18.9 Å². The number of carbonyl (C=O) groups excluding carboxylic acids is 2. The van der Waals surface area contributed by atoms with Gasteiger partial charge in [-0.15, -0.1) is 0 Å². The van der Waals surface area contributed by atoms with Gasteiger partial charge < -0.3 is 14.5 Å². The summed E-state index contributed by atoms with van der Waals surface area (Å²) in [6, 6.07) is 5.56. The Labute approximate surface area is 132 Å². The van der Waals surface area contributed by atoms with E-state index < -0.39 is 0 Å². The normalized spacial score (nSPS) is 21.4. The molecular weight excluding hydrogens is 336 g/mol. The number of fused-ring (bicyclic) bond motifs is 1. The lowest BCUT2D eigenvalue weighted by molar-refractivity contribution is -0.130. The molecule has 0 aromatic heterocycles. The monoisotopic (exact) mass is 352 g/mol. The Kier molecular flexibility index (Phi) is 3.89. The zero-order valence-corrected chi connectivity index (χ0v) is 13.4. The highest BCUT2D eigenvalue weighted by atomic mass is 79.9. The number of ether oxygens (including phenoxy) is 1. The first-order valence-electron chi connectivity index (χ1n) is 7.02. The van der Waals surface area contributed by atoms with E-state index in [1.165, 1.54) is 0 Å². The van der Waals surface area contributed by atoms with Crippen molar-refractivity contribution in [3.05, 3.63) is 28.2 Å². The number of amides is 2. The van der Waals surface area contributed by atoms with Crippen molar-refractivity contribution in [1.29, 1.82) is 0 Å². The van der Waals surface area contributed by atoms with Crippen molar-refractivity contribution in [3.63, 3.8) is 0 Å². The van der Waals surface area contributed by atoms with E-state index in [-0.39, 0.29) is 17.9 Å². The maximum Gasteiger partial charge on any atom is 0.255 e. The summed E-state index contributed by atoms with van der Waals surface area (Å²) < 4.78 is 5.95. The van der Waals surface area contributed by atoms with Crippen LogP contribution in [-0.4, -0.2) is 54.4 Å². The van der Waals surface area contributed by atoms with Gasteiger partial charge in [-0.2, -0.15) is 0 Å². The molecule has 0 N–H and O–H groups in total. The van der Waals surface area contributed by atoms with Crippen molar-refractivity contribution in [2.75, 3.05) is 26.7 Å². The van der Waals surface area contributed by atoms with Crippen LogP contribution in [0, 0.1) is 0 Å². The van der Waals surface area contributed by atoms with Gasteiger partial charge >= 0.3 is 0 Å². The first-order valence-corrected chi connectivity index (χ1v) is 7.81. The standard InChI is InChI=1S/C15H17BrN2O3/c1-21-11-3-4-13(16)12(8-11)15(20)17-6-7-18-10(9-17)2-5-14(18)19/h3-4,8,10H,2,5-7,9H2,1H3. The smallest absolute Gasteiger partial charge is 0.255 e. The molecule has 1 aromatic rings. The molecule has 3 rings (SSSR count). The Morgan fingerprint density at radius 1 is 1.38 bits per heavy atom. The van der Waals surface area contributed by atoms with E-state index in [1.807, 2.05) is 21.9 Å². The fourth-order valence-electron chi connectivity index (χ4n) is 3.01. The third-order valence-electron chi connectivity index (χ3n) is 4.19. The van der Waals surface area contributed by atoms with Crippen LogP contribution in [-0.2, 0) is 4.79 Å². The average molecular weight is 353 g/mol. The van der Waals surface area contributed by atoms with E-state index in [0.29, 0.717) is 37.4 Å². The van der Waals surface area contributed by atoms with Gasteiger partial charge in [0.25, 0.3) is 5.91 Å². The molecule has 0 aliphatic carbocycles. The molecule has 2 heterocycles. The van der Waals surface area contributed by atoms with Gasteiger partial charge in [-0.25, -0.2) is 0 Å². The van der Waals surface area contributed by atoms with E-state index in [2.05, 4.69) is 15.9 Å². The largest absolute Gasteiger partial charge is 0.497 e. The van der Waals surface area contributed by atoms with Gasteiger partial charge in [0.15, 0.2) is 0 Å². The Morgan fingerprint density at radius 3 is 2.95 bits per heavy atom. The average Bonchev–Trinajstić information content (AvgIpc) is 2.88. The summed E-state index contributed by atoms with van der Waals surface area (Å²) in [6.45, 7) is 1.84. The Bertz CT molecular complexity index is 590. The van der Waals surface area contributed by atoms with Gasteiger partial charge in [0, 0.05) is 36.6 Å². The summed E-state index contributed by atoms with van der Waals surface area (Å²) >= 11 is 3.43. The number of hydrogen-bond acceptors (Lipinski definition) is 3. The molecule has 1 aromatic carbocycles. The van der Waals surface area contributed by atoms with Crippen molar-refractivity contribution in [3.8, 4) is 5.75 Å². The first kappa shape index (κ1) is 14.4. The molecule has 2 fully saturated rings. The molecule has 0 saturated carbocycles. The summed E-state index contributed by atoms with van der Waals surface area (Å²) in [4.78, 5) is 28.1. The molecule has 2 aliphatic rings. The second kappa shape index (κ2) is 5.67. The minimum Gasteiger partial charge on any atom is -0.497 e. The van der Waals surface area contributed by atoms with Crippen LogP contribution in [0.4, 0.5) is 0 Å². The Morgan fingerprint density at radius 2 is 2.19 bits per heavy atom. The van der Waals surface area contributed by atoms with Crippen LogP contribution in [0.25, 0.3) is 0 Å². The number of methoxy groups -OCH3 is 1. The summed E-state index contributed by atoms with van der Waals surface area (Å²) in [5.74, 6) is 0.866. The van der Waals surface area contributed by atoms with Crippen molar-refractivity contribution < 1.29 is 14.3 Å². The molecule has 112 valence electrons. The highest BCUT2D eigenvalue weighted by Gasteiger charge is 2.37. The third kappa shape index (κ3) is 2.64. The van der Waals surface area contributed by atoms with Gasteiger partial charge in [-0.1, -0.05) is 0 Å². The highest BCUT2D eigenvalue weighted by Crippen LogP contribution is 2.27. The van der Waals surface area contributed by atoms with Gasteiger partial charge in [0.1, 0.15) is 5.75 Å². The summed E-state index contributed by atoms with van der Waals surface area (Å²) in [5, 5.41) is 0. The van der Waals surface area contributed by atoms with Crippen LogP contribution < -0.4 is 4.74 Å². The molecule has 0 spiro atoms. The summed E-state index contributed by atoms with van der Waals surface area (Å²) in [5.41, 5.74) is 0.604. The summed E-state index contributed by atoms with van der Waals surface area (Å²) in [6.07, 6.45) is 1.46. The third-order valence-corrected chi connectivity index (χ3v) is 4.88. The van der Waals surface area contributed by atoms with Crippen molar-refractivity contribution in [2.24, 2.45) is 0 Å². The lowest BCUT2D eigenvalue weighted by Gasteiger charge is -2.37. The number of benzene rings is 1. The van der Waals surface area contributed by atoms with Gasteiger partial charge in [-0.3, -0.25) is 9.59 Å². The molecule has 2 saturated heterocycles. The molecule has 5 nitrogen and oxygen atoms in total. The molecule has 0 bridgehead atoms. The molecular formula is C15H17BrN2O3. The lowest BCUT2D eigenvalue weighted by Crippen LogP contribution is -2.53. The minimum atomic E-state index is -0.0141. The predicted molar refractivity (Wildman–Crippen MR) is 81.3 cm³/mol. The zero-order chi connectivity index (χ0) is 15.0. The maximum absolute atomic E-state index is 12.7. The SMILES string of the molecule is COc1ccc(Br)c(C(=O)N2CCN3C(=O)CCC3C2)c1. The van der Waals surface area contributed by atoms with Crippen LogP contribution in [0.15, 0.2) is 22.7 Å². The van der Waals surface area contributed by atoms with Crippen LogP contribution in [0.2, 0.25) is 0 Å². The van der Waals surface area contributed by atoms with E-state index in [1.54, 1.807) is 13.2 Å². The number of piperazine rings is 1. The maximum atomic E-state index is 12.7. The van der Waals surface area contributed by atoms with E-state index in [0.717, 1.165) is 10.9 Å². The molecule has 2 amide bonds. The molecule has 0 radical (unpaired) electrons. The first-order chi connectivity index (χ1) is 10.1. The second-order valence-electron chi connectivity index (χ2n) is 5.38. The van der Waals surface area contributed by atoms with Crippen molar-refractivity contribution in [1.82, 2.24) is 9.80 Å². The van der Waals surface area contributed by atoms with E-state index in [4.69, 9.17) is 4.74 Å². The number of carbonyl (C=O) groups is 2. The van der Waals surface area contributed by atoms with Gasteiger partial charge in [0.05, 0.1) is 12.7 Å². The van der Waals surface area contributed by atoms with E-state index >= 15 is 0 Å². The number of halogens is 1. The Balaban J connectivity index is 1.78. The zero-order valence-electron chi connectivity index (χ0n) is 11.8. The predicted octanol–water partition coefficient (Wildman–Crippen LogP) is 1.90. The molecule has 1 unspecified atom stereocenters. The van der Waals surface area contributed by atoms with Crippen molar-refractivity contribution >= 4 is 27.7 Å². The van der Waals surface area contributed by atoms with E-state index in [9.17, 15) is 9.59 Å². The quantitative estimate of drug-likeness (QED) is 0.816. The number of hydrogen-bond donors (Lipinski definition) is 0. The fourth-order valence-corrected chi connectivity index (χ4v) is 3.43. The second-order valence-corrected chi connectivity index (χ2v) is 6.23. The minimum absolute atomic E-state index is 0.0141. The molecule has 6 heteroatoms. The molecule has 21 heavy (non-hydrogen) atoms. The Hall–Kier alpha value is -1.56. The van der Waals surface area contributed by atoms with Crippen LogP contribution >= 0.6 is 15.9 Å². The lowest BCUT2D eigenvalue weighted by atomic mass is 10.1. The van der Waals surface area contributed by atoms with Gasteiger partial charge in [0.2, 0.25) is 5.91 Å². The van der Waals surface area contributed by atoms with Crippen LogP contribution in [0.1, 0.15) is 23.2 Å². The fraction of sp³-hybridized carbons (Fsp3) is 0.467. The topological polar surface area (TPSA) is 49.9 Å².